The molecule has 0 heterocycles. The zero-order valence-corrected chi connectivity index (χ0v) is 8.32. The minimum atomic E-state index is 0.191. The molecule has 76 valence electrons. The van der Waals surface area contributed by atoms with Gasteiger partial charge in [-0.1, -0.05) is 17.3 Å². The lowest BCUT2D eigenvalue weighted by Crippen LogP contribution is -2.14. The number of methoxy groups -OCH3 is 1. The second-order valence-corrected chi connectivity index (χ2v) is 3.07. The quantitative estimate of drug-likeness (QED) is 0.330. The maximum atomic E-state index is 8.41. The molecular formula is C10H14N2O2. The zero-order valence-electron chi connectivity index (χ0n) is 8.32. The van der Waals surface area contributed by atoms with E-state index in [4.69, 9.17) is 15.7 Å². The molecule has 0 unspecified atom stereocenters. The van der Waals surface area contributed by atoms with E-state index in [9.17, 15) is 0 Å². The van der Waals surface area contributed by atoms with Gasteiger partial charge in [0.15, 0.2) is 0 Å². The van der Waals surface area contributed by atoms with Gasteiger partial charge in [-0.3, -0.25) is 0 Å². The van der Waals surface area contributed by atoms with E-state index in [-0.39, 0.29) is 5.84 Å². The average molecular weight is 194 g/mol. The SMILES string of the molecule is COc1cc(C/C(N)=N/O)ccc1C. The molecule has 0 spiro atoms. The standard InChI is InChI=1S/C10H14N2O2/c1-7-3-4-8(5-9(7)14-2)6-10(11)12-13/h3-5,13H,6H2,1-2H3,(H2,11,12). The van der Waals surface area contributed by atoms with Crippen molar-refractivity contribution in [3.05, 3.63) is 29.3 Å². The number of rotatable bonds is 3. The second-order valence-electron chi connectivity index (χ2n) is 3.07. The van der Waals surface area contributed by atoms with Crippen LogP contribution in [0.3, 0.4) is 0 Å². The molecule has 1 aromatic rings. The Morgan fingerprint density at radius 2 is 2.29 bits per heavy atom. The Bertz CT molecular complexity index is 348. The van der Waals surface area contributed by atoms with Crippen LogP contribution in [0.25, 0.3) is 0 Å². The summed E-state index contributed by atoms with van der Waals surface area (Å²) in [5.41, 5.74) is 7.42. The molecule has 1 rings (SSSR count). The maximum Gasteiger partial charge on any atom is 0.143 e. The number of aryl methyl sites for hydroxylation is 1. The topological polar surface area (TPSA) is 67.8 Å². The van der Waals surface area contributed by atoms with Crippen molar-refractivity contribution in [3.63, 3.8) is 0 Å². The summed E-state index contributed by atoms with van der Waals surface area (Å²) in [6.07, 6.45) is 0.424. The zero-order chi connectivity index (χ0) is 10.6. The van der Waals surface area contributed by atoms with Crippen LogP contribution < -0.4 is 10.5 Å². The lowest BCUT2D eigenvalue weighted by atomic mass is 10.1. The van der Waals surface area contributed by atoms with Crippen molar-refractivity contribution >= 4 is 5.84 Å². The molecular weight excluding hydrogens is 180 g/mol. The van der Waals surface area contributed by atoms with Crippen molar-refractivity contribution in [2.75, 3.05) is 7.11 Å². The summed E-state index contributed by atoms with van der Waals surface area (Å²) in [4.78, 5) is 0. The Labute approximate surface area is 83.0 Å². The van der Waals surface area contributed by atoms with Gasteiger partial charge in [0.25, 0.3) is 0 Å². The molecule has 0 radical (unpaired) electrons. The fraction of sp³-hybridized carbons (Fsp3) is 0.300. The summed E-state index contributed by atoms with van der Waals surface area (Å²) in [5.74, 6) is 1.00. The van der Waals surface area contributed by atoms with Crippen LogP contribution in [-0.2, 0) is 6.42 Å². The largest absolute Gasteiger partial charge is 0.496 e. The Hall–Kier alpha value is -1.71. The predicted molar refractivity (Wildman–Crippen MR) is 54.8 cm³/mol. The van der Waals surface area contributed by atoms with Crippen LogP contribution in [0.2, 0.25) is 0 Å². The first kappa shape index (κ1) is 10.4. The van der Waals surface area contributed by atoms with E-state index in [1.807, 2.05) is 25.1 Å². The smallest absolute Gasteiger partial charge is 0.143 e. The molecule has 4 heteroatoms. The highest BCUT2D eigenvalue weighted by Crippen LogP contribution is 2.19. The highest BCUT2D eigenvalue weighted by molar-refractivity contribution is 5.82. The van der Waals surface area contributed by atoms with E-state index in [0.717, 1.165) is 16.9 Å². The summed E-state index contributed by atoms with van der Waals surface area (Å²) in [5, 5.41) is 11.3. The van der Waals surface area contributed by atoms with E-state index in [2.05, 4.69) is 5.16 Å². The fourth-order valence-electron chi connectivity index (χ4n) is 1.22. The molecule has 14 heavy (non-hydrogen) atoms. The minimum absolute atomic E-state index is 0.191. The van der Waals surface area contributed by atoms with Crippen LogP contribution in [0.4, 0.5) is 0 Å². The van der Waals surface area contributed by atoms with Gasteiger partial charge in [-0.25, -0.2) is 0 Å². The lowest BCUT2D eigenvalue weighted by Gasteiger charge is -2.06. The van der Waals surface area contributed by atoms with Gasteiger partial charge in [-0.15, -0.1) is 0 Å². The predicted octanol–water partition coefficient (Wildman–Crippen LogP) is 1.29. The molecule has 0 aliphatic heterocycles. The van der Waals surface area contributed by atoms with Gasteiger partial charge in [0.1, 0.15) is 11.6 Å². The number of oxime groups is 1. The Morgan fingerprint density at radius 3 is 2.86 bits per heavy atom. The molecule has 3 N–H and O–H groups in total. The molecule has 0 saturated heterocycles. The minimum Gasteiger partial charge on any atom is -0.496 e. The highest BCUT2D eigenvalue weighted by Gasteiger charge is 2.02. The van der Waals surface area contributed by atoms with Gasteiger partial charge in [-0.05, 0) is 24.1 Å². The Kier molecular flexibility index (Phi) is 3.34. The van der Waals surface area contributed by atoms with E-state index in [0.29, 0.717) is 6.42 Å². The molecule has 0 aliphatic rings. The van der Waals surface area contributed by atoms with E-state index >= 15 is 0 Å². The van der Waals surface area contributed by atoms with Gasteiger partial charge in [-0.2, -0.15) is 0 Å². The summed E-state index contributed by atoms with van der Waals surface area (Å²) < 4.78 is 5.16. The van der Waals surface area contributed by atoms with Crippen molar-refractivity contribution in [1.82, 2.24) is 0 Å². The number of nitrogens with zero attached hydrogens (tertiary/aromatic N) is 1. The van der Waals surface area contributed by atoms with E-state index in [1.165, 1.54) is 0 Å². The Morgan fingerprint density at radius 1 is 1.57 bits per heavy atom. The molecule has 0 atom stereocenters. The summed E-state index contributed by atoms with van der Waals surface area (Å²) in [6, 6.07) is 5.75. The van der Waals surface area contributed by atoms with Crippen LogP contribution in [-0.4, -0.2) is 18.2 Å². The second kappa shape index (κ2) is 4.50. The molecule has 0 saturated carbocycles. The molecule has 0 bridgehead atoms. The summed E-state index contributed by atoms with van der Waals surface area (Å²) in [6.45, 7) is 1.96. The third-order valence-electron chi connectivity index (χ3n) is 1.99. The van der Waals surface area contributed by atoms with Gasteiger partial charge >= 0.3 is 0 Å². The number of ether oxygens (including phenoxy) is 1. The van der Waals surface area contributed by atoms with Crippen LogP contribution in [0, 0.1) is 6.92 Å². The third kappa shape index (κ3) is 2.39. The monoisotopic (exact) mass is 194 g/mol. The van der Waals surface area contributed by atoms with Gasteiger partial charge < -0.3 is 15.7 Å². The lowest BCUT2D eigenvalue weighted by molar-refractivity contribution is 0.317. The number of hydrogen-bond donors (Lipinski definition) is 2. The number of benzene rings is 1. The van der Waals surface area contributed by atoms with E-state index in [1.54, 1.807) is 7.11 Å². The summed E-state index contributed by atoms with van der Waals surface area (Å²) in [7, 11) is 1.62. The average Bonchev–Trinajstić information content (AvgIpc) is 2.20. The number of nitrogens with two attached hydrogens (primary N) is 1. The van der Waals surface area contributed by atoms with Gasteiger partial charge in [0.05, 0.1) is 7.11 Å². The molecule has 4 nitrogen and oxygen atoms in total. The third-order valence-corrected chi connectivity index (χ3v) is 1.99. The van der Waals surface area contributed by atoms with Crippen molar-refractivity contribution in [3.8, 4) is 5.75 Å². The Balaban J connectivity index is 2.90. The highest BCUT2D eigenvalue weighted by atomic mass is 16.5. The fourth-order valence-corrected chi connectivity index (χ4v) is 1.22. The molecule has 0 aliphatic carbocycles. The normalized spacial score (nSPS) is 11.4. The van der Waals surface area contributed by atoms with Crippen molar-refractivity contribution < 1.29 is 9.94 Å². The first-order valence-corrected chi connectivity index (χ1v) is 4.27. The molecule has 0 aromatic heterocycles. The van der Waals surface area contributed by atoms with Crippen molar-refractivity contribution in [2.24, 2.45) is 10.9 Å². The number of amidine groups is 1. The molecule has 1 aromatic carbocycles. The van der Waals surface area contributed by atoms with Crippen LogP contribution in [0.15, 0.2) is 23.4 Å². The van der Waals surface area contributed by atoms with Crippen LogP contribution in [0.5, 0.6) is 5.75 Å². The molecule has 0 amide bonds. The number of hydrogen-bond acceptors (Lipinski definition) is 3. The van der Waals surface area contributed by atoms with E-state index < -0.39 is 0 Å². The van der Waals surface area contributed by atoms with Gasteiger partial charge in [0.2, 0.25) is 0 Å². The van der Waals surface area contributed by atoms with Crippen molar-refractivity contribution in [1.29, 1.82) is 0 Å². The molecule has 0 fully saturated rings. The summed E-state index contributed by atoms with van der Waals surface area (Å²) >= 11 is 0. The van der Waals surface area contributed by atoms with Gasteiger partial charge in [0, 0.05) is 6.42 Å². The van der Waals surface area contributed by atoms with Crippen molar-refractivity contribution in [2.45, 2.75) is 13.3 Å². The maximum absolute atomic E-state index is 8.41. The van der Waals surface area contributed by atoms with Crippen LogP contribution in [0.1, 0.15) is 11.1 Å². The van der Waals surface area contributed by atoms with Crippen LogP contribution >= 0.6 is 0 Å². The first-order valence-electron chi connectivity index (χ1n) is 4.27. The first-order chi connectivity index (χ1) is 6.67.